The molecular weight excluding hydrogens is 280 g/mol. The first-order valence-electron chi connectivity index (χ1n) is 6.31. The van der Waals surface area contributed by atoms with Gasteiger partial charge in [-0.15, -0.1) is 0 Å². The summed E-state index contributed by atoms with van der Waals surface area (Å²) in [7, 11) is -3.47. The first-order chi connectivity index (χ1) is 8.82. The summed E-state index contributed by atoms with van der Waals surface area (Å²) in [6.45, 7) is 7.00. The predicted octanol–water partition coefficient (Wildman–Crippen LogP) is 2.01. The van der Waals surface area contributed by atoms with Crippen LogP contribution in [0.4, 0.5) is 5.69 Å². The summed E-state index contributed by atoms with van der Waals surface area (Å²) in [5.41, 5.74) is 8.21. The molecule has 2 N–H and O–H groups in total. The molecule has 2 rings (SSSR count). The van der Waals surface area contributed by atoms with Crippen LogP contribution in [0.2, 0.25) is 0 Å². The molecule has 1 aliphatic rings. The Bertz CT molecular complexity index is 585. The zero-order chi connectivity index (χ0) is 14.2. The van der Waals surface area contributed by atoms with Gasteiger partial charge in [-0.05, 0) is 37.1 Å². The lowest BCUT2D eigenvalue weighted by Gasteiger charge is -2.30. The SMILES string of the molecule is Cc1cc(N)c(S(=O)(=O)N2CCSC(C)C2)cc1C. The van der Waals surface area contributed by atoms with E-state index in [1.807, 2.05) is 13.8 Å². The van der Waals surface area contributed by atoms with Crippen LogP contribution < -0.4 is 5.73 Å². The van der Waals surface area contributed by atoms with Crippen LogP contribution in [0.1, 0.15) is 18.1 Å². The van der Waals surface area contributed by atoms with E-state index in [2.05, 4.69) is 6.92 Å². The van der Waals surface area contributed by atoms with Gasteiger partial charge in [-0.25, -0.2) is 8.42 Å². The average Bonchev–Trinajstić information content (AvgIpc) is 2.33. The van der Waals surface area contributed by atoms with Gasteiger partial charge < -0.3 is 5.73 Å². The standard InChI is InChI=1S/C13H20N2O2S2/c1-9-6-12(14)13(7-10(9)2)19(16,17)15-4-5-18-11(3)8-15/h6-7,11H,4-5,8,14H2,1-3H3. The molecule has 6 heteroatoms. The van der Waals surface area contributed by atoms with Gasteiger partial charge in [0.25, 0.3) is 0 Å². The van der Waals surface area contributed by atoms with Gasteiger partial charge in [0.2, 0.25) is 10.0 Å². The third-order valence-electron chi connectivity index (χ3n) is 3.45. The second-order valence-electron chi connectivity index (χ2n) is 5.02. The Morgan fingerprint density at radius 1 is 1.32 bits per heavy atom. The molecule has 0 saturated carbocycles. The Morgan fingerprint density at radius 2 is 1.95 bits per heavy atom. The molecule has 1 fully saturated rings. The van der Waals surface area contributed by atoms with Gasteiger partial charge in [-0.2, -0.15) is 16.1 Å². The highest BCUT2D eigenvalue weighted by molar-refractivity contribution is 8.00. The van der Waals surface area contributed by atoms with Crippen molar-refractivity contribution in [1.82, 2.24) is 4.31 Å². The minimum Gasteiger partial charge on any atom is -0.398 e. The zero-order valence-corrected chi connectivity index (χ0v) is 13.1. The van der Waals surface area contributed by atoms with Crippen LogP contribution >= 0.6 is 11.8 Å². The van der Waals surface area contributed by atoms with Gasteiger partial charge in [0.1, 0.15) is 4.90 Å². The zero-order valence-electron chi connectivity index (χ0n) is 11.5. The van der Waals surface area contributed by atoms with E-state index in [0.29, 0.717) is 24.0 Å². The number of thioether (sulfide) groups is 1. The van der Waals surface area contributed by atoms with Crippen molar-refractivity contribution in [3.8, 4) is 0 Å². The molecule has 0 amide bonds. The number of nitrogens with two attached hydrogens (primary N) is 1. The molecule has 0 radical (unpaired) electrons. The molecular formula is C13H20N2O2S2. The summed E-state index contributed by atoms with van der Waals surface area (Å²) >= 11 is 1.81. The lowest BCUT2D eigenvalue weighted by atomic mass is 10.1. The second kappa shape index (κ2) is 5.34. The van der Waals surface area contributed by atoms with Gasteiger partial charge >= 0.3 is 0 Å². The summed E-state index contributed by atoms with van der Waals surface area (Å²) in [5.74, 6) is 0.838. The van der Waals surface area contributed by atoms with Crippen LogP contribution in [-0.4, -0.2) is 36.8 Å². The van der Waals surface area contributed by atoms with Crippen LogP contribution in [0.5, 0.6) is 0 Å². The number of nitrogens with zero attached hydrogens (tertiary/aromatic N) is 1. The second-order valence-corrected chi connectivity index (χ2v) is 8.47. The van der Waals surface area contributed by atoms with Crippen LogP contribution in [0.15, 0.2) is 17.0 Å². The molecule has 4 nitrogen and oxygen atoms in total. The number of rotatable bonds is 2. The van der Waals surface area contributed by atoms with E-state index in [9.17, 15) is 8.42 Å². The van der Waals surface area contributed by atoms with Gasteiger partial charge in [0.15, 0.2) is 0 Å². The van der Waals surface area contributed by atoms with Crippen LogP contribution in [-0.2, 0) is 10.0 Å². The highest BCUT2D eigenvalue weighted by Crippen LogP contribution is 2.29. The van der Waals surface area contributed by atoms with Crippen molar-refractivity contribution < 1.29 is 8.42 Å². The first-order valence-corrected chi connectivity index (χ1v) is 8.79. The van der Waals surface area contributed by atoms with Gasteiger partial charge in [0.05, 0.1) is 5.69 Å². The first kappa shape index (κ1) is 14.7. The lowest BCUT2D eigenvalue weighted by Crippen LogP contribution is -2.41. The van der Waals surface area contributed by atoms with E-state index in [1.54, 1.807) is 28.2 Å². The van der Waals surface area contributed by atoms with Crippen molar-refractivity contribution in [2.45, 2.75) is 30.9 Å². The molecule has 106 valence electrons. The number of sulfonamides is 1. The van der Waals surface area contributed by atoms with E-state index in [0.717, 1.165) is 16.9 Å². The summed E-state index contributed by atoms with van der Waals surface area (Å²) < 4.78 is 26.9. The fourth-order valence-corrected chi connectivity index (χ4v) is 5.11. The van der Waals surface area contributed by atoms with Gasteiger partial charge in [0, 0.05) is 24.1 Å². The number of aryl methyl sites for hydroxylation is 2. The Kier molecular flexibility index (Phi) is 4.13. The van der Waals surface area contributed by atoms with E-state index in [-0.39, 0.29) is 4.90 Å². The molecule has 1 aromatic rings. The lowest BCUT2D eigenvalue weighted by molar-refractivity contribution is 0.424. The number of hydrogen-bond donors (Lipinski definition) is 1. The minimum atomic E-state index is -3.47. The van der Waals surface area contributed by atoms with Crippen molar-refractivity contribution in [1.29, 1.82) is 0 Å². The summed E-state index contributed by atoms with van der Waals surface area (Å²) in [4.78, 5) is 0.245. The molecule has 0 aromatic heterocycles. The normalized spacial score (nSPS) is 21.5. The molecule has 0 bridgehead atoms. The van der Waals surface area contributed by atoms with E-state index in [1.165, 1.54) is 0 Å². The van der Waals surface area contributed by atoms with Crippen LogP contribution in [0, 0.1) is 13.8 Å². The van der Waals surface area contributed by atoms with Crippen LogP contribution in [0.25, 0.3) is 0 Å². The van der Waals surface area contributed by atoms with Gasteiger partial charge in [-0.3, -0.25) is 0 Å². The molecule has 0 spiro atoms. The van der Waals surface area contributed by atoms with E-state index in [4.69, 9.17) is 5.73 Å². The van der Waals surface area contributed by atoms with Crippen LogP contribution in [0.3, 0.4) is 0 Å². The molecule has 1 heterocycles. The minimum absolute atomic E-state index is 0.245. The third-order valence-corrected chi connectivity index (χ3v) is 6.50. The fourth-order valence-electron chi connectivity index (χ4n) is 2.18. The van der Waals surface area contributed by atoms with Crippen molar-refractivity contribution in [3.63, 3.8) is 0 Å². The average molecular weight is 300 g/mol. The molecule has 19 heavy (non-hydrogen) atoms. The third kappa shape index (κ3) is 2.90. The number of nitrogen functional groups attached to an aromatic ring is 1. The smallest absolute Gasteiger partial charge is 0.245 e. The van der Waals surface area contributed by atoms with Crippen molar-refractivity contribution >= 4 is 27.5 Å². The molecule has 0 aliphatic carbocycles. The van der Waals surface area contributed by atoms with Crippen molar-refractivity contribution in [2.24, 2.45) is 0 Å². The number of benzene rings is 1. The van der Waals surface area contributed by atoms with Gasteiger partial charge in [-0.1, -0.05) is 6.92 Å². The highest BCUT2D eigenvalue weighted by Gasteiger charge is 2.30. The number of anilines is 1. The summed E-state index contributed by atoms with van der Waals surface area (Å²) in [6, 6.07) is 3.43. The maximum atomic E-state index is 12.7. The van der Waals surface area contributed by atoms with E-state index < -0.39 is 10.0 Å². The highest BCUT2D eigenvalue weighted by atomic mass is 32.2. The number of hydrogen-bond acceptors (Lipinski definition) is 4. The molecule has 1 aromatic carbocycles. The topological polar surface area (TPSA) is 63.4 Å². The molecule has 1 saturated heterocycles. The summed E-state index contributed by atoms with van der Waals surface area (Å²) in [6.07, 6.45) is 0. The predicted molar refractivity (Wildman–Crippen MR) is 81.0 cm³/mol. The Morgan fingerprint density at radius 3 is 2.58 bits per heavy atom. The molecule has 1 unspecified atom stereocenters. The maximum absolute atomic E-state index is 12.7. The monoisotopic (exact) mass is 300 g/mol. The Hall–Kier alpha value is -0.720. The largest absolute Gasteiger partial charge is 0.398 e. The van der Waals surface area contributed by atoms with E-state index >= 15 is 0 Å². The van der Waals surface area contributed by atoms with Crippen molar-refractivity contribution in [2.75, 3.05) is 24.6 Å². The summed E-state index contributed by atoms with van der Waals surface area (Å²) in [5, 5.41) is 0.330. The maximum Gasteiger partial charge on any atom is 0.245 e. The molecule has 1 aliphatic heterocycles. The molecule has 1 atom stereocenters. The quantitative estimate of drug-likeness (QED) is 0.849. The Labute approximate surface area is 119 Å². The Balaban J connectivity index is 2.42. The fraction of sp³-hybridized carbons (Fsp3) is 0.538. The van der Waals surface area contributed by atoms with Crippen molar-refractivity contribution in [3.05, 3.63) is 23.3 Å².